The fourth-order valence-electron chi connectivity index (χ4n) is 0.739. The van der Waals surface area contributed by atoms with E-state index in [1.807, 2.05) is 0 Å². The molecule has 13 heavy (non-hydrogen) atoms. The number of aliphatic hydroxyl groups is 1. The second kappa shape index (κ2) is 5.36. The number of rotatable bonds is 4. The molecule has 0 radical (unpaired) electrons. The van der Waals surface area contributed by atoms with Crippen molar-refractivity contribution in [3.05, 3.63) is 0 Å². The van der Waals surface area contributed by atoms with Gasteiger partial charge < -0.3 is 20.3 Å². The maximum Gasteiger partial charge on any atom is 0.407 e. The van der Waals surface area contributed by atoms with Gasteiger partial charge >= 0.3 is 12.1 Å². The third kappa shape index (κ3) is 3.75. The highest BCUT2D eigenvalue weighted by Crippen LogP contribution is 2.02. The van der Waals surface area contributed by atoms with Crippen LogP contribution < -0.4 is 5.32 Å². The lowest BCUT2D eigenvalue weighted by Gasteiger charge is -2.18. The number of methoxy groups -OCH3 is 1. The van der Waals surface area contributed by atoms with E-state index >= 15 is 0 Å². The van der Waals surface area contributed by atoms with Gasteiger partial charge in [-0.2, -0.15) is 0 Å². The first-order valence-electron chi connectivity index (χ1n) is 3.71. The highest BCUT2D eigenvalue weighted by molar-refractivity contribution is 5.80. The predicted octanol–water partition coefficient (Wildman–Crippen LogP) is -0.576. The van der Waals surface area contributed by atoms with Crippen LogP contribution in [0.15, 0.2) is 0 Å². The molecular weight excluding hydrogens is 178 g/mol. The van der Waals surface area contributed by atoms with E-state index in [1.54, 1.807) is 0 Å². The van der Waals surface area contributed by atoms with Gasteiger partial charge in [-0.25, -0.2) is 9.59 Å². The Morgan fingerprint density at radius 3 is 2.38 bits per heavy atom. The van der Waals surface area contributed by atoms with Crippen LogP contribution >= 0.6 is 0 Å². The molecule has 0 aromatic heterocycles. The van der Waals surface area contributed by atoms with Crippen LogP contribution in [0.5, 0.6) is 0 Å². The highest BCUT2D eigenvalue weighted by atomic mass is 16.5. The molecule has 0 aliphatic rings. The Labute approximate surface area is 75.5 Å². The van der Waals surface area contributed by atoms with Gasteiger partial charge in [-0.15, -0.1) is 0 Å². The minimum absolute atomic E-state index is 0.318. The fraction of sp³-hybridized carbons (Fsp3) is 0.714. The van der Waals surface area contributed by atoms with Crippen molar-refractivity contribution < 1.29 is 24.5 Å². The minimum atomic E-state index is -1.20. The zero-order valence-corrected chi connectivity index (χ0v) is 7.48. The molecule has 6 nitrogen and oxygen atoms in total. The molecule has 0 saturated carbocycles. The van der Waals surface area contributed by atoms with Crippen LogP contribution in [-0.4, -0.2) is 42.0 Å². The van der Waals surface area contributed by atoms with Crippen molar-refractivity contribution in [1.29, 1.82) is 0 Å². The van der Waals surface area contributed by atoms with Crippen molar-refractivity contribution in [2.75, 3.05) is 13.7 Å². The van der Waals surface area contributed by atoms with E-state index in [2.05, 4.69) is 10.1 Å². The summed E-state index contributed by atoms with van der Waals surface area (Å²) in [6.45, 7) is 1.19. The summed E-state index contributed by atoms with van der Waals surface area (Å²) in [5.41, 5.74) is 0. The minimum Gasteiger partial charge on any atom is -0.480 e. The molecule has 3 N–H and O–H groups in total. The zero-order chi connectivity index (χ0) is 10.4. The van der Waals surface area contributed by atoms with Crippen LogP contribution in [0, 0.1) is 5.92 Å². The number of aliphatic hydroxyl groups excluding tert-OH is 1. The standard InChI is InChI=1S/C7H13NO5/c1-4(3-9)5(6(10)11)8-7(12)13-2/h4-5,9H,3H2,1-2H3,(H,8,12)(H,10,11)/t4?,5-/m0/s1. The molecule has 0 saturated heterocycles. The molecule has 0 aromatic rings. The SMILES string of the molecule is COC(=O)N[C@H](C(=O)O)C(C)CO. The van der Waals surface area contributed by atoms with E-state index in [0.717, 1.165) is 7.11 Å². The zero-order valence-electron chi connectivity index (χ0n) is 7.48. The normalized spacial score (nSPS) is 14.4. The van der Waals surface area contributed by atoms with Crippen molar-refractivity contribution in [1.82, 2.24) is 5.32 Å². The number of amides is 1. The Hall–Kier alpha value is -1.30. The number of carboxylic acid groups (broad SMARTS) is 1. The summed E-state index contributed by atoms with van der Waals surface area (Å²) in [4.78, 5) is 21.2. The molecule has 0 heterocycles. The lowest BCUT2D eigenvalue weighted by atomic mass is 10.0. The van der Waals surface area contributed by atoms with Gasteiger partial charge in [0.05, 0.1) is 7.11 Å². The maximum atomic E-state index is 10.7. The predicted molar refractivity (Wildman–Crippen MR) is 43.2 cm³/mol. The smallest absolute Gasteiger partial charge is 0.407 e. The number of aliphatic carboxylic acids is 1. The summed E-state index contributed by atoms with van der Waals surface area (Å²) in [6, 6.07) is -1.13. The maximum absolute atomic E-state index is 10.7. The second-order valence-corrected chi connectivity index (χ2v) is 2.61. The van der Waals surface area contributed by atoms with Gasteiger partial charge in [-0.05, 0) is 0 Å². The van der Waals surface area contributed by atoms with E-state index in [-0.39, 0.29) is 6.61 Å². The third-order valence-electron chi connectivity index (χ3n) is 1.58. The van der Waals surface area contributed by atoms with Gasteiger partial charge in [0, 0.05) is 12.5 Å². The number of nitrogens with one attached hydrogen (secondary N) is 1. The van der Waals surface area contributed by atoms with Crippen LogP contribution in [0.4, 0.5) is 4.79 Å². The molecule has 2 atom stereocenters. The van der Waals surface area contributed by atoms with Crippen molar-refractivity contribution in [2.45, 2.75) is 13.0 Å². The summed E-state index contributed by atoms with van der Waals surface area (Å²) < 4.78 is 4.23. The number of carbonyl (C=O) groups is 2. The van der Waals surface area contributed by atoms with Crippen LogP contribution in [0.25, 0.3) is 0 Å². The summed E-state index contributed by atoms with van der Waals surface area (Å²) in [7, 11) is 1.14. The molecule has 1 amide bonds. The average molecular weight is 191 g/mol. The van der Waals surface area contributed by atoms with Crippen LogP contribution in [0.2, 0.25) is 0 Å². The molecule has 76 valence electrons. The summed E-state index contributed by atoms with van der Waals surface area (Å²) in [6.07, 6.45) is -0.826. The van der Waals surface area contributed by atoms with Gasteiger partial charge in [-0.1, -0.05) is 6.92 Å². The number of carbonyl (C=O) groups excluding carboxylic acids is 1. The van der Waals surface area contributed by atoms with Crippen LogP contribution in [0.1, 0.15) is 6.92 Å². The quantitative estimate of drug-likeness (QED) is 0.552. The number of ether oxygens (including phenoxy) is 1. The van der Waals surface area contributed by atoms with Crippen molar-refractivity contribution in [3.8, 4) is 0 Å². The van der Waals surface area contributed by atoms with Gasteiger partial charge in [-0.3, -0.25) is 0 Å². The molecule has 0 rings (SSSR count). The third-order valence-corrected chi connectivity index (χ3v) is 1.58. The molecule has 0 aliphatic heterocycles. The van der Waals surface area contributed by atoms with Crippen molar-refractivity contribution in [3.63, 3.8) is 0 Å². The van der Waals surface area contributed by atoms with Crippen LogP contribution in [0.3, 0.4) is 0 Å². The fourth-order valence-corrected chi connectivity index (χ4v) is 0.739. The monoisotopic (exact) mass is 191 g/mol. The first kappa shape index (κ1) is 11.7. The van der Waals surface area contributed by atoms with Gasteiger partial charge in [0.1, 0.15) is 6.04 Å². The lowest BCUT2D eigenvalue weighted by Crippen LogP contribution is -2.46. The first-order chi connectivity index (χ1) is 6.02. The van der Waals surface area contributed by atoms with E-state index in [1.165, 1.54) is 6.92 Å². The van der Waals surface area contributed by atoms with Gasteiger partial charge in [0.15, 0.2) is 0 Å². The number of hydrogen-bond donors (Lipinski definition) is 3. The molecular formula is C7H13NO5. The van der Waals surface area contributed by atoms with E-state index < -0.39 is 24.0 Å². The Morgan fingerprint density at radius 2 is 2.08 bits per heavy atom. The Morgan fingerprint density at radius 1 is 1.54 bits per heavy atom. The van der Waals surface area contributed by atoms with E-state index in [4.69, 9.17) is 10.2 Å². The van der Waals surface area contributed by atoms with Crippen molar-refractivity contribution >= 4 is 12.1 Å². The molecule has 0 aliphatic carbocycles. The molecule has 0 aromatic carbocycles. The number of alkyl carbamates (subject to hydrolysis) is 1. The van der Waals surface area contributed by atoms with E-state index in [9.17, 15) is 9.59 Å². The Bertz CT molecular complexity index is 193. The summed E-state index contributed by atoms with van der Waals surface area (Å²) in [5.74, 6) is -1.76. The molecule has 0 fully saturated rings. The van der Waals surface area contributed by atoms with Gasteiger partial charge in [0.25, 0.3) is 0 Å². The Kier molecular flexibility index (Phi) is 4.83. The Balaban J connectivity index is 4.26. The van der Waals surface area contributed by atoms with E-state index in [0.29, 0.717) is 0 Å². The first-order valence-corrected chi connectivity index (χ1v) is 3.71. The van der Waals surface area contributed by atoms with Crippen molar-refractivity contribution in [2.24, 2.45) is 5.92 Å². The lowest BCUT2D eigenvalue weighted by molar-refractivity contribution is -0.141. The van der Waals surface area contributed by atoms with Crippen LogP contribution in [-0.2, 0) is 9.53 Å². The number of hydrogen-bond acceptors (Lipinski definition) is 4. The van der Waals surface area contributed by atoms with Gasteiger partial charge in [0.2, 0.25) is 0 Å². The molecule has 0 bridgehead atoms. The largest absolute Gasteiger partial charge is 0.480 e. The summed E-state index contributed by atoms with van der Waals surface area (Å²) in [5, 5.41) is 19.4. The molecule has 0 spiro atoms. The number of carboxylic acids is 1. The second-order valence-electron chi connectivity index (χ2n) is 2.61. The highest BCUT2D eigenvalue weighted by Gasteiger charge is 2.26. The molecule has 1 unspecified atom stereocenters. The summed E-state index contributed by atoms with van der Waals surface area (Å²) >= 11 is 0. The molecule has 6 heteroatoms. The average Bonchev–Trinajstić information content (AvgIpc) is 2.11. The topological polar surface area (TPSA) is 95.9 Å².